The molecule has 0 fully saturated rings. The van der Waals surface area contributed by atoms with Gasteiger partial charge in [-0.15, -0.1) is 0 Å². The van der Waals surface area contributed by atoms with E-state index in [0.29, 0.717) is 23.6 Å². The normalized spacial score (nSPS) is 39.3. The van der Waals surface area contributed by atoms with Crippen molar-refractivity contribution in [3.63, 3.8) is 0 Å². The number of benzene rings is 1. The Hall–Kier alpha value is -1.48. The zero-order valence-electron chi connectivity index (χ0n) is 13.1. The summed E-state index contributed by atoms with van der Waals surface area (Å²) < 4.78 is 6.26. The maximum Gasteiger partial charge on any atom is 0.165 e. The second-order valence-corrected chi connectivity index (χ2v) is 7.27. The summed E-state index contributed by atoms with van der Waals surface area (Å²) in [5, 5.41) is 10.2. The first-order chi connectivity index (χ1) is 9.94. The van der Waals surface area contributed by atoms with Gasteiger partial charge in [-0.2, -0.15) is 0 Å². The van der Waals surface area contributed by atoms with Crippen LogP contribution < -0.4 is 4.74 Å². The van der Waals surface area contributed by atoms with Crippen molar-refractivity contribution in [3.05, 3.63) is 35.4 Å². The molecule has 2 aliphatic carbocycles. The Labute approximate surface area is 126 Å². The minimum Gasteiger partial charge on any atom is -0.504 e. The number of phenols is 1. The third-order valence-electron chi connectivity index (χ3n) is 5.90. The monoisotopic (exact) mass is 285 g/mol. The maximum absolute atomic E-state index is 10.2. The minimum atomic E-state index is -0.0369. The average Bonchev–Trinajstić information content (AvgIpc) is 2.76. The standard InChI is InChI=1S/C18H23NO2/c1-10-5-7-12-13(19(3)4)9-11-6-8-14(20)16-15(11)18(12,2)17(10)21-16/h5-8,10,12-13,17,20H,9H2,1-4H3/t10-,12?,13+,17-,18-/m0/s1. The highest BCUT2D eigenvalue weighted by atomic mass is 16.5. The summed E-state index contributed by atoms with van der Waals surface area (Å²) in [5.41, 5.74) is 2.56. The van der Waals surface area contributed by atoms with Gasteiger partial charge < -0.3 is 14.7 Å². The highest BCUT2D eigenvalue weighted by Crippen LogP contribution is 2.59. The van der Waals surface area contributed by atoms with Gasteiger partial charge in [0.2, 0.25) is 0 Å². The van der Waals surface area contributed by atoms with Crippen LogP contribution in [0.2, 0.25) is 0 Å². The summed E-state index contributed by atoms with van der Waals surface area (Å²) in [7, 11) is 4.33. The van der Waals surface area contributed by atoms with Crippen LogP contribution in [0.1, 0.15) is 25.0 Å². The molecule has 0 aromatic heterocycles. The lowest BCUT2D eigenvalue weighted by Gasteiger charge is -2.50. The Morgan fingerprint density at radius 1 is 1.29 bits per heavy atom. The van der Waals surface area contributed by atoms with Gasteiger partial charge in [-0.1, -0.05) is 32.1 Å². The minimum absolute atomic E-state index is 0.0369. The van der Waals surface area contributed by atoms with Gasteiger partial charge in [-0.25, -0.2) is 0 Å². The van der Waals surface area contributed by atoms with Crippen molar-refractivity contribution in [1.82, 2.24) is 4.90 Å². The zero-order valence-corrected chi connectivity index (χ0v) is 13.1. The van der Waals surface area contributed by atoms with Gasteiger partial charge in [0.1, 0.15) is 6.10 Å². The Balaban J connectivity index is 1.99. The summed E-state index contributed by atoms with van der Waals surface area (Å²) in [6, 6.07) is 4.36. The Bertz CT molecular complexity index is 636. The van der Waals surface area contributed by atoms with E-state index < -0.39 is 0 Å². The van der Waals surface area contributed by atoms with E-state index in [1.54, 1.807) is 6.07 Å². The molecule has 21 heavy (non-hydrogen) atoms. The lowest BCUT2D eigenvalue weighted by Crippen LogP contribution is -2.56. The molecule has 0 bridgehead atoms. The van der Waals surface area contributed by atoms with E-state index in [1.165, 1.54) is 11.1 Å². The molecular weight excluding hydrogens is 262 g/mol. The second-order valence-electron chi connectivity index (χ2n) is 7.27. The topological polar surface area (TPSA) is 32.7 Å². The summed E-state index contributed by atoms with van der Waals surface area (Å²) in [5.74, 6) is 1.83. The number of likely N-dealkylation sites (N-methyl/N-ethyl adjacent to an activating group) is 1. The molecule has 1 unspecified atom stereocenters. The number of hydrogen-bond donors (Lipinski definition) is 1. The van der Waals surface area contributed by atoms with Gasteiger partial charge >= 0.3 is 0 Å². The van der Waals surface area contributed by atoms with Crippen LogP contribution in [-0.4, -0.2) is 36.2 Å². The summed E-state index contributed by atoms with van der Waals surface area (Å²) in [6.07, 6.45) is 5.82. The lowest BCUT2D eigenvalue weighted by molar-refractivity contribution is 0.0458. The maximum atomic E-state index is 10.2. The first-order valence-electron chi connectivity index (χ1n) is 7.81. The molecular formula is C18H23NO2. The van der Waals surface area contributed by atoms with Gasteiger partial charge in [0.15, 0.2) is 11.5 Å². The average molecular weight is 285 g/mol. The molecule has 0 amide bonds. The van der Waals surface area contributed by atoms with Crippen LogP contribution >= 0.6 is 0 Å². The molecule has 1 aromatic rings. The molecule has 112 valence electrons. The van der Waals surface area contributed by atoms with E-state index in [9.17, 15) is 5.11 Å². The predicted molar refractivity (Wildman–Crippen MR) is 82.8 cm³/mol. The summed E-state index contributed by atoms with van der Waals surface area (Å²) in [6.45, 7) is 4.54. The van der Waals surface area contributed by atoms with Crippen LogP contribution in [0.5, 0.6) is 11.5 Å². The molecule has 3 heteroatoms. The van der Waals surface area contributed by atoms with E-state index in [1.807, 2.05) is 0 Å². The van der Waals surface area contributed by atoms with Crippen molar-refractivity contribution in [3.8, 4) is 11.5 Å². The largest absolute Gasteiger partial charge is 0.504 e. The van der Waals surface area contributed by atoms with Gasteiger partial charge in [0, 0.05) is 28.9 Å². The van der Waals surface area contributed by atoms with Gasteiger partial charge in [-0.05, 0) is 32.1 Å². The molecule has 0 spiro atoms. The number of nitrogens with zero attached hydrogens (tertiary/aromatic N) is 1. The lowest BCUT2D eigenvalue weighted by atomic mass is 9.56. The van der Waals surface area contributed by atoms with Gasteiger partial charge in [-0.3, -0.25) is 0 Å². The number of aromatic hydroxyl groups is 1. The van der Waals surface area contributed by atoms with Crippen LogP contribution in [-0.2, 0) is 11.8 Å². The van der Waals surface area contributed by atoms with Crippen LogP contribution in [0.15, 0.2) is 24.3 Å². The van der Waals surface area contributed by atoms with E-state index in [4.69, 9.17) is 4.74 Å². The Morgan fingerprint density at radius 3 is 2.76 bits per heavy atom. The first-order valence-corrected chi connectivity index (χ1v) is 7.81. The third-order valence-corrected chi connectivity index (χ3v) is 5.90. The number of hydrogen-bond acceptors (Lipinski definition) is 3. The molecule has 3 aliphatic rings. The van der Waals surface area contributed by atoms with Crippen molar-refractivity contribution in [1.29, 1.82) is 0 Å². The first kappa shape index (κ1) is 13.2. The SMILES string of the molecule is C[C@H]1C=CC2[C@H](N(C)C)Cc3ccc(O)c4c3[C@@]2(C)[C@H]1O4. The van der Waals surface area contributed by atoms with Crippen molar-refractivity contribution in [2.24, 2.45) is 11.8 Å². The molecule has 4 rings (SSSR count). The van der Waals surface area contributed by atoms with Crippen molar-refractivity contribution in [2.75, 3.05) is 14.1 Å². The Kier molecular flexibility index (Phi) is 2.54. The van der Waals surface area contributed by atoms with E-state index in [-0.39, 0.29) is 11.5 Å². The third kappa shape index (κ3) is 1.48. The Morgan fingerprint density at radius 2 is 2.05 bits per heavy atom. The molecule has 0 saturated carbocycles. The second kappa shape index (κ2) is 4.04. The zero-order chi connectivity index (χ0) is 14.9. The molecule has 1 aromatic carbocycles. The highest BCUT2D eigenvalue weighted by Gasteiger charge is 2.59. The van der Waals surface area contributed by atoms with E-state index in [0.717, 1.165) is 12.2 Å². The number of rotatable bonds is 1. The molecule has 1 heterocycles. The van der Waals surface area contributed by atoms with E-state index in [2.05, 4.69) is 51.1 Å². The molecule has 0 saturated heterocycles. The summed E-state index contributed by atoms with van der Waals surface area (Å²) in [4.78, 5) is 2.33. The van der Waals surface area contributed by atoms with Crippen molar-refractivity contribution >= 4 is 0 Å². The number of ether oxygens (including phenoxy) is 1. The molecule has 3 nitrogen and oxygen atoms in total. The van der Waals surface area contributed by atoms with Gasteiger partial charge in [0.25, 0.3) is 0 Å². The van der Waals surface area contributed by atoms with Crippen molar-refractivity contribution < 1.29 is 9.84 Å². The van der Waals surface area contributed by atoms with Crippen LogP contribution in [0.3, 0.4) is 0 Å². The fraction of sp³-hybridized carbons (Fsp3) is 0.556. The molecule has 5 atom stereocenters. The summed E-state index contributed by atoms with van der Waals surface area (Å²) >= 11 is 0. The van der Waals surface area contributed by atoms with Crippen LogP contribution in [0, 0.1) is 11.8 Å². The van der Waals surface area contributed by atoms with Crippen LogP contribution in [0.4, 0.5) is 0 Å². The fourth-order valence-corrected chi connectivity index (χ4v) is 4.87. The quantitative estimate of drug-likeness (QED) is 0.805. The smallest absolute Gasteiger partial charge is 0.165 e. The van der Waals surface area contributed by atoms with Gasteiger partial charge in [0.05, 0.1) is 0 Å². The fourth-order valence-electron chi connectivity index (χ4n) is 4.87. The number of phenolic OH excluding ortho intramolecular Hbond substituents is 1. The molecule has 1 N–H and O–H groups in total. The predicted octanol–water partition coefficient (Wildman–Crippen LogP) is 2.72. The molecule has 1 aliphatic heterocycles. The van der Waals surface area contributed by atoms with Crippen molar-refractivity contribution in [2.45, 2.75) is 37.8 Å². The highest BCUT2D eigenvalue weighted by molar-refractivity contribution is 5.60. The molecule has 0 radical (unpaired) electrons. The van der Waals surface area contributed by atoms with Crippen LogP contribution in [0.25, 0.3) is 0 Å². The van der Waals surface area contributed by atoms with E-state index >= 15 is 0 Å².